The molecule has 0 saturated heterocycles. The Bertz CT molecular complexity index is 1550. The van der Waals surface area contributed by atoms with Crippen LogP contribution in [0, 0.1) is 0 Å². The normalized spacial score (nSPS) is 15.4. The van der Waals surface area contributed by atoms with E-state index in [2.05, 4.69) is 21.2 Å². The molecule has 3 aromatic rings. The average Bonchev–Trinajstić information content (AvgIpc) is 3.55. The predicted molar refractivity (Wildman–Crippen MR) is 173 cm³/mol. The van der Waals surface area contributed by atoms with Gasteiger partial charge in [-0.3, -0.25) is 13.9 Å². The molecule has 1 aliphatic carbocycles. The number of ether oxygens (including phenoxy) is 2. The molecule has 1 N–H and O–H groups in total. The minimum atomic E-state index is -3.89. The van der Waals surface area contributed by atoms with Crippen LogP contribution < -0.4 is 19.1 Å². The second kappa shape index (κ2) is 14.5. The standard InChI is InChI=1S/C33H38BrN3O6S/c1-2-44(40,41)37(28-16-17-30-31(21-28)43-19-18-42-30)23-32(38)36(22-25-12-14-26(34)15-13-25)29(20-24-8-4-3-5-9-24)33(39)35-27-10-6-7-11-27/h3-5,8-9,12-17,21,27,29H,2,6-7,10-11,18-20,22-23H2,1H3,(H,35,39)/t29-/m1/s1. The molecule has 44 heavy (non-hydrogen) atoms. The molecule has 1 atom stereocenters. The Balaban J connectivity index is 1.51. The lowest BCUT2D eigenvalue weighted by molar-refractivity contribution is -0.140. The van der Waals surface area contributed by atoms with Crippen LogP contribution >= 0.6 is 15.9 Å². The highest BCUT2D eigenvalue weighted by atomic mass is 79.9. The summed E-state index contributed by atoms with van der Waals surface area (Å²) in [7, 11) is -3.89. The molecule has 2 amide bonds. The maximum atomic E-state index is 14.4. The summed E-state index contributed by atoms with van der Waals surface area (Å²) in [6, 6.07) is 21.2. The number of sulfonamides is 1. The fourth-order valence-electron chi connectivity index (χ4n) is 5.61. The molecule has 3 aromatic carbocycles. The van der Waals surface area contributed by atoms with Crippen LogP contribution in [0.25, 0.3) is 0 Å². The van der Waals surface area contributed by atoms with Gasteiger partial charge in [0.2, 0.25) is 21.8 Å². The number of carbonyl (C=O) groups is 2. The SMILES string of the molecule is CCS(=O)(=O)N(CC(=O)N(Cc1ccc(Br)cc1)[C@H](Cc1ccccc1)C(=O)NC1CCCC1)c1ccc2c(c1)OCCO2. The summed E-state index contributed by atoms with van der Waals surface area (Å²) in [5.74, 6) is 0.000254. The van der Waals surface area contributed by atoms with Crippen molar-refractivity contribution in [2.75, 3.05) is 29.8 Å². The van der Waals surface area contributed by atoms with Gasteiger partial charge in [0.25, 0.3) is 0 Å². The molecule has 1 heterocycles. The highest BCUT2D eigenvalue weighted by molar-refractivity contribution is 9.10. The third kappa shape index (κ3) is 7.92. The van der Waals surface area contributed by atoms with Gasteiger partial charge in [-0.15, -0.1) is 0 Å². The predicted octanol–water partition coefficient (Wildman–Crippen LogP) is 5.08. The number of nitrogens with zero attached hydrogens (tertiary/aromatic N) is 2. The molecule has 1 fully saturated rings. The molecule has 11 heteroatoms. The van der Waals surface area contributed by atoms with E-state index in [4.69, 9.17) is 9.47 Å². The minimum absolute atomic E-state index is 0.0556. The molecule has 234 valence electrons. The van der Waals surface area contributed by atoms with Crippen LogP contribution in [0.2, 0.25) is 0 Å². The third-order valence-corrected chi connectivity index (χ3v) is 10.3. The lowest BCUT2D eigenvalue weighted by atomic mass is 10.0. The van der Waals surface area contributed by atoms with E-state index in [1.165, 1.54) is 11.8 Å². The van der Waals surface area contributed by atoms with Crippen LogP contribution in [0.5, 0.6) is 11.5 Å². The first-order chi connectivity index (χ1) is 21.2. The van der Waals surface area contributed by atoms with E-state index in [1.54, 1.807) is 18.2 Å². The summed E-state index contributed by atoms with van der Waals surface area (Å²) in [5.41, 5.74) is 2.01. The van der Waals surface area contributed by atoms with Gasteiger partial charge in [0, 0.05) is 29.5 Å². The fraction of sp³-hybridized carbons (Fsp3) is 0.394. The fourth-order valence-corrected chi connectivity index (χ4v) is 6.93. The topological polar surface area (TPSA) is 105 Å². The van der Waals surface area contributed by atoms with Crippen molar-refractivity contribution in [3.8, 4) is 11.5 Å². The van der Waals surface area contributed by atoms with E-state index in [-0.39, 0.29) is 30.7 Å². The maximum Gasteiger partial charge on any atom is 0.244 e. The van der Waals surface area contributed by atoms with Crippen molar-refractivity contribution >= 4 is 43.5 Å². The van der Waals surface area contributed by atoms with E-state index in [0.29, 0.717) is 30.4 Å². The van der Waals surface area contributed by atoms with Crippen LogP contribution in [0.4, 0.5) is 5.69 Å². The smallest absolute Gasteiger partial charge is 0.244 e. The highest BCUT2D eigenvalue weighted by Crippen LogP contribution is 2.35. The molecule has 9 nitrogen and oxygen atoms in total. The van der Waals surface area contributed by atoms with Crippen LogP contribution in [-0.4, -0.2) is 62.7 Å². The zero-order valence-electron chi connectivity index (χ0n) is 24.8. The zero-order valence-corrected chi connectivity index (χ0v) is 27.2. The van der Waals surface area contributed by atoms with Crippen molar-refractivity contribution < 1.29 is 27.5 Å². The Hall–Kier alpha value is -3.57. The molecule has 0 aromatic heterocycles. The second-order valence-electron chi connectivity index (χ2n) is 11.1. The molecule has 0 unspecified atom stereocenters. The quantitative estimate of drug-likeness (QED) is 0.286. The minimum Gasteiger partial charge on any atom is -0.486 e. The molecule has 1 aliphatic heterocycles. The summed E-state index contributed by atoms with van der Waals surface area (Å²) in [6.45, 7) is 1.93. The van der Waals surface area contributed by atoms with Gasteiger partial charge in [-0.2, -0.15) is 0 Å². The van der Waals surface area contributed by atoms with Crippen molar-refractivity contribution in [3.63, 3.8) is 0 Å². The van der Waals surface area contributed by atoms with Crippen LogP contribution in [0.1, 0.15) is 43.7 Å². The van der Waals surface area contributed by atoms with Gasteiger partial charge in [-0.1, -0.05) is 71.2 Å². The summed E-state index contributed by atoms with van der Waals surface area (Å²) in [4.78, 5) is 29.9. The number of hydrogen-bond acceptors (Lipinski definition) is 6. The third-order valence-electron chi connectivity index (χ3n) is 8.03. The molecule has 1 saturated carbocycles. The molecule has 0 radical (unpaired) electrons. The van der Waals surface area contributed by atoms with Gasteiger partial charge in [0.15, 0.2) is 11.5 Å². The van der Waals surface area contributed by atoms with Gasteiger partial charge >= 0.3 is 0 Å². The van der Waals surface area contributed by atoms with Gasteiger partial charge in [0.1, 0.15) is 25.8 Å². The van der Waals surface area contributed by atoms with Crippen molar-refractivity contribution in [1.29, 1.82) is 0 Å². The van der Waals surface area contributed by atoms with Crippen molar-refractivity contribution in [2.24, 2.45) is 0 Å². The van der Waals surface area contributed by atoms with Crippen LogP contribution in [-0.2, 0) is 32.6 Å². The Morgan fingerprint density at radius 2 is 1.61 bits per heavy atom. The lowest BCUT2D eigenvalue weighted by Gasteiger charge is -2.34. The van der Waals surface area contributed by atoms with E-state index in [9.17, 15) is 18.0 Å². The Morgan fingerprint density at radius 3 is 2.30 bits per heavy atom. The lowest BCUT2D eigenvalue weighted by Crippen LogP contribution is -2.54. The van der Waals surface area contributed by atoms with E-state index >= 15 is 0 Å². The number of rotatable bonds is 12. The number of benzene rings is 3. The van der Waals surface area contributed by atoms with Gasteiger partial charge < -0.3 is 19.7 Å². The molecular weight excluding hydrogens is 646 g/mol. The first kappa shape index (κ1) is 31.8. The molecule has 0 spiro atoms. The van der Waals surface area contributed by atoms with Crippen molar-refractivity contribution in [1.82, 2.24) is 10.2 Å². The van der Waals surface area contributed by atoms with Crippen molar-refractivity contribution in [3.05, 3.63) is 88.4 Å². The summed E-state index contributed by atoms with van der Waals surface area (Å²) < 4.78 is 40.2. The van der Waals surface area contributed by atoms with Gasteiger partial charge in [0.05, 0.1) is 11.4 Å². The molecular formula is C33H38BrN3O6S. The van der Waals surface area contributed by atoms with Crippen LogP contribution in [0.3, 0.4) is 0 Å². The van der Waals surface area contributed by atoms with Crippen molar-refractivity contribution in [2.45, 2.75) is 57.7 Å². The molecule has 5 rings (SSSR count). The number of halogens is 1. The van der Waals surface area contributed by atoms with Gasteiger partial charge in [-0.25, -0.2) is 8.42 Å². The van der Waals surface area contributed by atoms with Crippen LogP contribution in [0.15, 0.2) is 77.3 Å². The number of anilines is 1. The van der Waals surface area contributed by atoms with E-state index in [1.807, 2.05) is 54.6 Å². The molecule has 0 bridgehead atoms. The van der Waals surface area contributed by atoms with E-state index in [0.717, 1.165) is 45.6 Å². The average molecular weight is 685 g/mol. The number of hydrogen-bond donors (Lipinski definition) is 1. The second-order valence-corrected chi connectivity index (χ2v) is 14.2. The summed E-state index contributed by atoms with van der Waals surface area (Å²) >= 11 is 3.46. The monoisotopic (exact) mass is 683 g/mol. The Morgan fingerprint density at radius 1 is 0.932 bits per heavy atom. The Labute approximate surface area is 267 Å². The first-order valence-electron chi connectivity index (χ1n) is 15.0. The maximum absolute atomic E-state index is 14.4. The number of fused-ring (bicyclic) bond motifs is 1. The highest BCUT2D eigenvalue weighted by Gasteiger charge is 2.35. The molecule has 2 aliphatic rings. The Kier molecular flexibility index (Phi) is 10.5. The summed E-state index contributed by atoms with van der Waals surface area (Å²) in [5, 5.41) is 3.19. The van der Waals surface area contributed by atoms with Gasteiger partial charge in [-0.05, 0) is 55.2 Å². The summed E-state index contributed by atoms with van der Waals surface area (Å²) in [6.07, 6.45) is 4.19. The first-order valence-corrected chi connectivity index (χ1v) is 17.4. The number of carbonyl (C=O) groups excluding carboxylic acids is 2. The largest absolute Gasteiger partial charge is 0.486 e. The number of amides is 2. The van der Waals surface area contributed by atoms with E-state index < -0.39 is 28.5 Å². The number of nitrogens with one attached hydrogen (secondary N) is 1. The zero-order chi connectivity index (χ0) is 31.1.